The summed E-state index contributed by atoms with van der Waals surface area (Å²) < 4.78 is 74.5. The first-order valence-corrected chi connectivity index (χ1v) is 10.9. The van der Waals surface area contributed by atoms with Crippen LogP contribution in [-0.2, 0) is 12.4 Å². The second kappa shape index (κ2) is 13.2. The van der Waals surface area contributed by atoms with Crippen molar-refractivity contribution in [2.24, 2.45) is 0 Å². The molecule has 2 N–H and O–H groups in total. The minimum atomic E-state index is -4.45. The number of aromatic nitrogens is 2. The molecule has 0 aliphatic rings. The maximum Gasteiger partial charge on any atom is 0.488 e. The topological polar surface area (TPSA) is 66.2 Å². The van der Waals surface area contributed by atoms with Crippen molar-refractivity contribution in [3.63, 3.8) is 0 Å². The van der Waals surface area contributed by atoms with E-state index in [0.29, 0.717) is 17.3 Å². The molecule has 2 aromatic carbocycles. The second-order valence-corrected chi connectivity index (χ2v) is 7.76. The predicted octanol–water partition coefficient (Wildman–Crippen LogP) is 6.00. The summed E-state index contributed by atoms with van der Waals surface area (Å²) in [6, 6.07) is 19.9. The second-order valence-electron chi connectivity index (χ2n) is 6.94. The summed E-state index contributed by atoms with van der Waals surface area (Å²) >= 11 is 3.20. The third-order valence-corrected chi connectivity index (χ3v) is 4.76. The number of pyridine rings is 2. The van der Waals surface area contributed by atoms with Gasteiger partial charge in [0.2, 0.25) is 0 Å². The zero-order chi connectivity index (χ0) is 26.8. The fourth-order valence-corrected chi connectivity index (χ4v) is 2.88. The van der Waals surface area contributed by atoms with Gasteiger partial charge in [-0.3, -0.25) is 4.98 Å². The minimum Gasteiger partial charge on any atom is -0.423 e. The first-order chi connectivity index (χ1) is 16.9. The zero-order valence-corrected chi connectivity index (χ0v) is 19.8. The molecule has 4 aromatic rings. The van der Waals surface area contributed by atoms with Crippen molar-refractivity contribution >= 4 is 28.5 Å². The van der Waals surface area contributed by atoms with Gasteiger partial charge in [0.1, 0.15) is 4.60 Å². The third-order valence-electron chi connectivity index (χ3n) is 4.29. The van der Waals surface area contributed by atoms with Crippen LogP contribution in [-0.4, -0.2) is 27.1 Å². The van der Waals surface area contributed by atoms with Crippen molar-refractivity contribution in [3.05, 3.63) is 113 Å². The molecule has 4 nitrogen and oxygen atoms in total. The molecular formula is C24H18BBrF6N2O2. The maximum absolute atomic E-state index is 12.5. The highest BCUT2D eigenvalue weighted by molar-refractivity contribution is 9.10. The number of rotatable bonds is 2. The molecule has 0 spiro atoms. The lowest BCUT2D eigenvalue weighted by Crippen LogP contribution is -2.30. The molecule has 2 aromatic heterocycles. The van der Waals surface area contributed by atoms with Crippen LogP contribution in [0.15, 0.2) is 102 Å². The Labute approximate surface area is 211 Å². The monoisotopic (exact) mass is 570 g/mol. The van der Waals surface area contributed by atoms with E-state index in [4.69, 9.17) is 10.0 Å². The Hall–Kier alpha value is -3.22. The standard InChI is InChI=1S/C12H8F3N.C7H6BF3O2.C5H4BrN/c13-12(14,15)10-5-3-4-9(8-10)11-6-1-2-7-16-11;9-7(10,11)5-2-1-3-6(4-5)8(12)13;6-5-3-1-2-4-7-5/h1-8H;1-4,12-13H;1-4H. The van der Waals surface area contributed by atoms with Gasteiger partial charge in [0, 0.05) is 18.0 Å². The van der Waals surface area contributed by atoms with E-state index in [1.165, 1.54) is 12.1 Å². The van der Waals surface area contributed by atoms with E-state index >= 15 is 0 Å². The number of hydrogen-bond acceptors (Lipinski definition) is 4. The highest BCUT2D eigenvalue weighted by Gasteiger charge is 2.31. The van der Waals surface area contributed by atoms with Crippen LogP contribution in [0.3, 0.4) is 0 Å². The van der Waals surface area contributed by atoms with Crippen molar-refractivity contribution in [1.82, 2.24) is 9.97 Å². The van der Waals surface area contributed by atoms with E-state index in [1.54, 1.807) is 36.7 Å². The quantitative estimate of drug-likeness (QED) is 0.176. The number of hydrogen-bond donors (Lipinski definition) is 2. The molecule has 0 saturated heterocycles. The number of benzene rings is 2. The van der Waals surface area contributed by atoms with E-state index < -0.39 is 30.6 Å². The summed E-state index contributed by atoms with van der Waals surface area (Å²) in [5.41, 5.74) is -0.715. The van der Waals surface area contributed by atoms with E-state index in [2.05, 4.69) is 25.9 Å². The molecule has 2 heterocycles. The minimum absolute atomic E-state index is 0.171. The van der Waals surface area contributed by atoms with Crippen molar-refractivity contribution in [1.29, 1.82) is 0 Å². The molecule has 0 aliphatic heterocycles. The summed E-state index contributed by atoms with van der Waals surface area (Å²) in [5, 5.41) is 17.2. The largest absolute Gasteiger partial charge is 0.488 e. The molecular weight excluding hydrogens is 553 g/mol. The molecule has 0 amide bonds. The SMILES string of the molecule is Brc1ccccn1.FC(F)(F)c1cccc(-c2ccccn2)c1.OB(O)c1cccc(C(F)(F)F)c1. The third kappa shape index (κ3) is 9.80. The Morgan fingerprint density at radius 1 is 0.639 bits per heavy atom. The van der Waals surface area contributed by atoms with Crippen molar-refractivity contribution < 1.29 is 36.4 Å². The van der Waals surface area contributed by atoms with Crippen molar-refractivity contribution in [2.75, 3.05) is 0 Å². The number of nitrogens with zero attached hydrogens (tertiary/aromatic N) is 2. The number of halogens is 7. The fourth-order valence-electron chi connectivity index (χ4n) is 2.61. The average Bonchev–Trinajstić information content (AvgIpc) is 2.85. The van der Waals surface area contributed by atoms with E-state index in [0.717, 1.165) is 28.9 Å². The molecule has 0 radical (unpaired) electrons. The molecule has 12 heteroatoms. The van der Waals surface area contributed by atoms with Gasteiger partial charge in [-0.1, -0.05) is 48.5 Å². The molecule has 188 valence electrons. The summed E-state index contributed by atoms with van der Waals surface area (Å²) in [6.07, 6.45) is -5.48. The molecule has 0 aliphatic carbocycles. The van der Waals surface area contributed by atoms with Gasteiger partial charge < -0.3 is 10.0 Å². The van der Waals surface area contributed by atoms with Gasteiger partial charge in [-0.25, -0.2) is 4.98 Å². The van der Waals surface area contributed by atoms with E-state index in [9.17, 15) is 26.3 Å². The van der Waals surface area contributed by atoms with Crippen molar-refractivity contribution in [2.45, 2.75) is 12.4 Å². The van der Waals surface area contributed by atoms with Gasteiger partial charge >= 0.3 is 19.5 Å². The van der Waals surface area contributed by atoms with E-state index in [1.807, 2.05) is 18.2 Å². The van der Waals surface area contributed by atoms with Gasteiger partial charge in [0.15, 0.2) is 0 Å². The van der Waals surface area contributed by atoms with Crippen LogP contribution < -0.4 is 5.46 Å². The fraction of sp³-hybridized carbons (Fsp3) is 0.0833. The molecule has 36 heavy (non-hydrogen) atoms. The first kappa shape index (κ1) is 29.0. The number of alkyl halides is 6. The van der Waals surface area contributed by atoms with Crippen LogP contribution in [0.1, 0.15) is 11.1 Å². The Morgan fingerprint density at radius 3 is 1.64 bits per heavy atom. The highest BCUT2D eigenvalue weighted by atomic mass is 79.9. The summed E-state index contributed by atoms with van der Waals surface area (Å²) in [6.45, 7) is 0. The Morgan fingerprint density at radius 2 is 1.19 bits per heavy atom. The van der Waals surface area contributed by atoms with Gasteiger partial charge in [0.25, 0.3) is 0 Å². The van der Waals surface area contributed by atoms with Crippen LogP contribution in [0.25, 0.3) is 11.3 Å². The van der Waals surface area contributed by atoms with Crippen molar-refractivity contribution in [3.8, 4) is 11.3 Å². The predicted molar refractivity (Wildman–Crippen MR) is 128 cm³/mol. The van der Waals surface area contributed by atoms with Gasteiger partial charge in [-0.05, 0) is 57.8 Å². The summed E-state index contributed by atoms with van der Waals surface area (Å²) in [4.78, 5) is 7.90. The highest BCUT2D eigenvalue weighted by Crippen LogP contribution is 2.31. The zero-order valence-electron chi connectivity index (χ0n) is 18.2. The maximum atomic E-state index is 12.5. The first-order valence-electron chi connectivity index (χ1n) is 10.1. The van der Waals surface area contributed by atoms with Gasteiger partial charge in [-0.2, -0.15) is 26.3 Å². The van der Waals surface area contributed by atoms with Crippen LogP contribution >= 0.6 is 15.9 Å². The summed E-state index contributed by atoms with van der Waals surface area (Å²) in [5.74, 6) is 0. The van der Waals surface area contributed by atoms with Crippen LogP contribution in [0.2, 0.25) is 0 Å². The molecule has 0 fully saturated rings. The molecule has 0 saturated carbocycles. The lowest BCUT2D eigenvalue weighted by molar-refractivity contribution is -0.138. The Kier molecular flexibility index (Phi) is 10.6. The summed E-state index contributed by atoms with van der Waals surface area (Å²) in [7, 11) is -1.87. The normalized spacial score (nSPS) is 10.9. The smallest absolute Gasteiger partial charge is 0.423 e. The van der Waals surface area contributed by atoms with Gasteiger partial charge in [-0.15, -0.1) is 0 Å². The molecule has 0 bridgehead atoms. The van der Waals surface area contributed by atoms with Crippen LogP contribution in [0, 0.1) is 0 Å². The Balaban J connectivity index is 0.000000204. The van der Waals surface area contributed by atoms with Gasteiger partial charge in [0.05, 0.1) is 16.8 Å². The average molecular weight is 571 g/mol. The van der Waals surface area contributed by atoms with Crippen LogP contribution in [0.5, 0.6) is 0 Å². The molecule has 4 rings (SSSR count). The lowest BCUT2D eigenvalue weighted by Gasteiger charge is -2.08. The van der Waals surface area contributed by atoms with Crippen LogP contribution in [0.4, 0.5) is 26.3 Å². The molecule has 0 atom stereocenters. The van der Waals surface area contributed by atoms with E-state index in [-0.39, 0.29) is 5.46 Å². The molecule has 0 unspecified atom stereocenters. The lowest BCUT2D eigenvalue weighted by atomic mass is 9.79. The Bertz CT molecular complexity index is 1210.